The molecule has 6 rings (SSSR count). The third-order valence-corrected chi connectivity index (χ3v) is 7.24. The predicted octanol–water partition coefficient (Wildman–Crippen LogP) is 9.47. The molecule has 5 aromatic carbocycles. The molecule has 0 aliphatic rings. The van der Waals surface area contributed by atoms with Gasteiger partial charge in [-0.25, -0.2) is 4.98 Å². The number of hydrogen-bond acceptors (Lipinski definition) is 2. The smallest absolute Gasteiger partial charge is 0.236 e. The molecule has 0 bridgehead atoms. The van der Waals surface area contributed by atoms with Crippen LogP contribution in [0.5, 0.6) is 0 Å². The van der Waals surface area contributed by atoms with Crippen LogP contribution in [0.25, 0.3) is 53.8 Å². The Kier molecular flexibility index (Phi) is 5.15. The van der Waals surface area contributed by atoms with Crippen molar-refractivity contribution in [2.75, 3.05) is 0 Å². The number of thiazole rings is 1. The molecule has 0 saturated carbocycles. The molecule has 0 fully saturated rings. The van der Waals surface area contributed by atoms with Crippen molar-refractivity contribution in [2.45, 2.75) is 6.18 Å². The second kappa shape index (κ2) is 8.36. The zero-order chi connectivity index (χ0) is 24.0. The predicted molar refractivity (Wildman–Crippen MR) is 138 cm³/mol. The second-order valence-corrected chi connectivity index (χ2v) is 9.38. The summed E-state index contributed by atoms with van der Waals surface area (Å²) in [5, 5.41) is 3.20. The first-order valence-corrected chi connectivity index (χ1v) is 11.9. The summed E-state index contributed by atoms with van der Waals surface area (Å²) >= 11 is 1.68. The fraction of sp³-hybridized carbons (Fsp3) is 0.0333. The molecule has 0 amide bonds. The summed E-state index contributed by atoms with van der Waals surface area (Å²) in [5.74, 6) is 0. The van der Waals surface area contributed by atoms with E-state index in [-0.39, 0.29) is 0 Å². The monoisotopic (exact) mass is 481 g/mol. The number of hydrogen-bond donors (Lipinski definition) is 0. The number of benzene rings is 5. The molecule has 170 valence electrons. The van der Waals surface area contributed by atoms with Crippen LogP contribution in [0.3, 0.4) is 0 Å². The molecule has 0 saturated heterocycles. The van der Waals surface area contributed by atoms with Gasteiger partial charge in [0.15, 0.2) is 0 Å². The molecule has 35 heavy (non-hydrogen) atoms. The van der Waals surface area contributed by atoms with Crippen LogP contribution in [-0.2, 0) is 6.18 Å². The van der Waals surface area contributed by atoms with Gasteiger partial charge in [-0.1, -0.05) is 84.9 Å². The van der Waals surface area contributed by atoms with E-state index in [2.05, 4.69) is 30.3 Å². The molecular weight excluding hydrogens is 463 g/mol. The Labute approximate surface area is 204 Å². The van der Waals surface area contributed by atoms with Crippen LogP contribution in [0.4, 0.5) is 13.2 Å². The minimum atomic E-state index is -4.36. The quantitative estimate of drug-likeness (QED) is 0.245. The molecule has 0 unspecified atom stereocenters. The summed E-state index contributed by atoms with van der Waals surface area (Å²) in [5.41, 5.74) is 4.80. The molecule has 1 heterocycles. The largest absolute Gasteiger partial charge is 0.416 e. The lowest BCUT2D eigenvalue weighted by atomic mass is 9.93. The molecule has 1 aromatic heterocycles. The van der Waals surface area contributed by atoms with Gasteiger partial charge in [-0.3, -0.25) is 0 Å². The standard InChI is InChI=1S/C30H18F3NS/c31-30(32,33)22-7-5-6-21(18-22)19-12-14-20(15-13-19)23-16-17-26(25-9-2-1-8-24(23)25)29-34-27-10-3-4-11-28(27)35-29/h1-18H. The van der Waals surface area contributed by atoms with Crippen molar-refractivity contribution < 1.29 is 13.2 Å². The number of alkyl halides is 3. The van der Waals surface area contributed by atoms with Crippen LogP contribution >= 0.6 is 11.3 Å². The zero-order valence-electron chi connectivity index (χ0n) is 18.4. The molecule has 0 aliphatic carbocycles. The second-order valence-electron chi connectivity index (χ2n) is 8.35. The highest BCUT2D eigenvalue weighted by molar-refractivity contribution is 7.21. The van der Waals surface area contributed by atoms with Crippen molar-refractivity contribution in [3.63, 3.8) is 0 Å². The third kappa shape index (κ3) is 3.98. The van der Waals surface area contributed by atoms with Gasteiger partial charge in [-0.05, 0) is 57.3 Å². The Balaban J connectivity index is 1.41. The third-order valence-electron chi connectivity index (χ3n) is 6.17. The Bertz CT molecular complexity index is 1650. The average Bonchev–Trinajstić information content (AvgIpc) is 3.32. The molecule has 0 aliphatic heterocycles. The van der Waals surface area contributed by atoms with Gasteiger partial charge in [-0.2, -0.15) is 13.2 Å². The van der Waals surface area contributed by atoms with Crippen LogP contribution in [0.2, 0.25) is 0 Å². The van der Waals surface area contributed by atoms with Crippen molar-refractivity contribution in [2.24, 2.45) is 0 Å². The molecule has 5 heteroatoms. The minimum Gasteiger partial charge on any atom is -0.236 e. The van der Waals surface area contributed by atoms with E-state index in [0.717, 1.165) is 54.3 Å². The van der Waals surface area contributed by atoms with E-state index in [0.29, 0.717) is 5.56 Å². The number of nitrogens with zero attached hydrogens (tertiary/aromatic N) is 1. The maximum atomic E-state index is 13.1. The van der Waals surface area contributed by atoms with Crippen LogP contribution < -0.4 is 0 Å². The first kappa shape index (κ1) is 21.6. The van der Waals surface area contributed by atoms with Crippen molar-refractivity contribution in [3.05, 3.63) is 115 Å². The molecular formula is C30H18F3NS. The van der Waals surface area contributed by atoms with Gasteiger partial charge in [-0.15, -0.1) is 11.3 Å². The Morgan fingerprint density at radius 2 is 1.23 bits per heavy atom. The zero-order valence-corrected chi connectivity index (χ0v) is 19.2. The summed E-state index contributed by atoms with van der Waals surface area (Å²) < 4.78 is 40.5. The molecule has 0 N–H and O–H groups in total. The highest BCUT2D eigenvalue weighted by atomic mass is 32.1. The number of rotatable bonds is 3. The van der Waals surface area contributed by atoms with Crippen LogP contribution in [0.1, 0.15) is 5.56 Å². The first-order chi connectivity index (χ1) is 17.0. The summed E-state index contributed by atoms with van der Waals surface area (Å²) in [6.45, 7) is 0. The fourth-order valence-corrected chi connectivity index (χ4v) is 5.45. The van der Waals surface area contributed by atoms with Gasteiger partial charge in [0.05, 0.1) is 15.8 Å². The van der Waals surface area contributed by atoms with Gasteiger partial charge in [0, 0.05) is 5.56 Å². The van der Waals surface area contributed by atoms with E-state index in [9.17, 15) is 13.2 Å². The SMILES string of the molecule is FC(F)(F)c1cccc(-c2ccc(-c3ccc(-c4nc5ccccc5s4)c4ccccc34)cc2)c1. The van der Waals surface area contributed by atoms with E-state index < -0.39 is 11.7 Å². The fourth-order valence-electron chi connectivity index (χ4n) is 4.44. The Hall–Kier alpha value is -3.96. The summed E-state index contributed by atoms with van der Waals surface area (Å²) in [7, 11) is 0. The summed E-state index contributed by atoms with van der Waals surface area (Å²) in [6.07, 6.45) is -4.36. The van der Waals surface area contributed by atoms with Crippen LogP contribution in [0, 0.1) is 0 Å². The van der Waals surface area contributed by atoms with Crippen molar-refractivity contribution in [1.29, 1.82) is 0 Å². The Morgan fingerprint density at radius 3 is 1.97 bits per heavy atom. The lowest BCUT2D eigenvalue weighted by Crippen LogP contribution is -2.04. The van der Waals surface area contributed by atoms with Gasteiger partial charge in [0.2, 0.25) is 0 Å². The molecule has 6 aromatic rings. The number of aromatic nitrogens is 1. The lowest BCUT2D eigenvalue weighted by Gasteiger charge is -2.12. The van der Waals surface area contributed by atoms with Gasteiger partial charge in [0.1, 0.15) is 5.01 Å². The lowest BCUT2D eigenvalue weighted by molar-refractivity contribution is -0.137. The Morgan fingerprint density at radius 1 is 0.571 bits per heavy atom. The van der Waals surface area contributed by atoms with E-state index in [1.54, 1.807) is 17.4 Å². The molecule has 0 atom stereocenters. The van der Waals surface area contributed by atoms with Gasteiger partial charge >= 0.3 is 6.18 Å². The van der Waals surface area contributed by atoms with Gasteiger partial charge < -0.3 is 0 Å². The van der Waals surface area contributed by atoms with Crippen LogP contribution in [0.15, 0.2) is 109 Å². The highest BCUT2D eigenvalue weighted by Crippen LogP contribution is 2.39. The maximum Gasteiger partial charge on any atom is 0.416 e. The van der Waals surface area contributed by atoms with Crippen LogP contribution in [-0.4, -0.2) is 4.98 Å². The summed E-state index contributed by atoms with van der Waals surface area (Å²) in [6, 6.07) is 33.7. The average molecular weight is 482 g/mol. The number of para-hydroxylation sites is 1. The topological polar surface area (TPSA) is 12.9 Å². The summed E-state index contributed by atoms with van der Waals surface area (Å²) in [4.78, 5) is 4.84. The highest BCUT2D eigenvalue weighted by Gasteiger charge is 2.30. The maximum absolute atomic E-state index is 13.1. The van der Waals surface area contributed by atoms with E-state index in [1.807, 2.05) is 54.6 Å². The minimum absolute atomic E-state index is 0.544. The number of halogens is 3. The van der Waals surface area contributed by atoms with E-state index in [1.165, 1.54) is 12.1 Å². The van der Waals surface area contributed by atoms with Crippen molar-refractivity contribution in [3.8, 4) is 32.8 Å². The molecule has 1 nitrogen and oxygen atoms in total. The number of fused-ring (bicyclic) bond motifs is 2. The first-order valence-electron chi connectivity index (χ1n) is 11.1. The van der Waals surface area contributed by atoms with Crippen molar-refractivity contribution >= 4 is 32.3 Å². The van der Waals surface area contributed by atoms with E-state index in [4.69, 9.17) is 4.98 Å². The van der Waals surface area contributed by atoms with Crippen molar-refractivity contribution in [1.82, 2.24) is 4.98 Å². The molecule has 0 radical (unpaired) electrons. The van der Waals surface area contributed by atoms with Gasteiger partial charge in [0.25, 0.3) is 0 Å². The van der Waals surface area contributed by atoms with E-state index >= 15 is 0 Å². The molecule has 0 spiro atoms. The normalized spacial score (nSPS) is 11.9.